The van der Waals surface area contributed by atoms with Gasteiger partial charge in [-0.1, -0.05) is 6.08 Å². The topological polar surface area (TPSA) is 46.2 Å². The fraction of sp³-hybridized carbons (Fsp3) is 0.714. The Bertz CT molecular complexity index is 120. The summed E-state index contributed by atoms with van der Waals surface area (Å²) in [6.07, 6.45) is 5.01. The second-order valence-electron chi connectivity index (χ2n) is 2.55. The summed E-state index contributed by atoms with van der Waals surface area (Å²) in [5.74, 6) is 0. The quantitative estimate of drug-likeness (QED) is 0.501. The predicted molar refractivity (Wildman–Crippen MR) is 37.0 cm³/mol. The van der Waals surface area contributed by atoms with Crippen molar-refractivity contribution in [3.8, 4) is 0 Å². The highest BCUT2D eigenvalue weighted by molar-refractivity contribution is 5.07. The summed E-state index contributed by atoms with van der Waals surface area (Å²) >= 11 is 0. The van der Waals surface area contributed by atoms with Crippen LogP contribution < -0.4 is 5.73 Å². The van der Waals surface area contributed by atoms with Crippen molar-refractivity contribution in [2.75, 3.05) is 6.61 Å². The van der Waals surface area contributed by atoms with E-state index in [0.29, 0.717) is 6.04 Å². The molecule has 3 N–H and O–H groups in total. The van der Waals surface area contributed by atoms with Crippen molar-refractivity contribution >= 4 is 0 Å². The molecule has 0 bridgehead atoms. The van der Waals surface area contributed by atoms with Crippen LogP contribution in [0, 0.1) is 0 Å². The first-order chi connectivity index (χ1) is 4.33. The molecular weight excluding hydrogens is 114 g/mol. The third-order valence-corrected chi connectivity index (χ3v) is 1.75. The lowest BCUT2D eigenvalue weighted by molar-refractivity contribution is 0.321. The van der Waals surface area contributed by atoms with Gasteiger partial charge in [0.15, 0.2) is 0 Å². The molecule has 1 aliphatic carbocycles. The van der Waals surface area contributed by atoms with E-state index in [0.717, 1.165) is 24.8 Å². The molecule has 0 heterocycles. The molecule has 0 aromatic heterocycles. The van der Waals surface area contributed by atoms with Crippen LogP contribution >= 0.6 is 0 Å². The van der Waals surface area contributed by atoms with Gasteiger partial charge in [0.25, 0.3) is 0 Å². The van der Waals surface area contributed by atoms with Gasteiger partial charge < -0.3 is 10.8 Å². The molecule has 0 saturated heterocycles. The molecule has 0 saturated carbocycles. The van der Waals surface area contributed by atoms with Crippen molar-refractivity contribution in [2.24, 2.45) is 5.73 Å². The van der Waals surface area contributed by atoms with Crippen LogP contribution in [0.2, 0.25) is 0 Å². The summed E-state index contributed by atoms with van der Waals surface area (Å²) in [6.45, 7) is 0.215. The van der Waals surface area contributed by atoms with Gasteiger partial charge in [-0.05, 0) is 24.8 Å². The maximum absolute atomic E-state index is 8.67. The van der Waals surface area contributed by atoms with E-state index >= 15 is 0 Å². The molecule has 1 atom stereocenters. The highest BCUT2D eigenvalue weighted by Gasteiger charge is 2.08. The van der Waals surface area contributed by atoms with Gasteiger partial charge in [-0.25, -0.2) is 0 Å². The third-order valence-electron chi connectivity index (χ3n) is 1.75. The molecule has 1 rings (SSSR count). The molecule has 0 aromatic carbocycles. The Morgan fingerprint density at radius 1 is 1.78 bits per heavy atom. The van der Waals surface area contributed by atoms with Crippen LogP contribution in [0.25, 0.3) is 0 Å². The first-order valence-electron chi connectivity index (χ1n) is 3.37. The zero-order valence-corrected chi connectivity index (χ0v) is 5.51. The number of hydrogen-bond acceptors (Lipinski definition) is 2. The van der Waals surface area contributed by atoms with Gasteiger partial charge in [0.05, 0.1) is 6.61 Å². The van der Waals surface area contributed by atoms with Crippen LogP contribution in [-0.4, -0.2) is 17.8 Å². The average molecular weight is 127 g/mol. The third kappa shape index (κ3) is 1.80. The molecule has 52 valence electrons. The van der Waals surface area contributed by atoms with Gasteiger partial charge >= 0.3 is 0 Å². The van der Waals surface area contributed by atoms with Crippen LogP contribution in [0.15, 0.2) is 11.6 Å². The number of aliphatic hydroxyl groups is 1. The van der Waals surface area contributed by atoms with Gasteiger partial charge in [0.2, 0.25) is 0 Å². The van der Waals surface area contributed by atoms with Crippen molar-refractivity contribution in [1.82, 2.24) is 0 Å². The molecule has 2 heteroatoms. The molecule has 1 aliphatic rings. The number of nitrogens with two attached hydrogens (primary N) is 1. The summed E-state index contributed by atoms with van der Waals surface area (Å²) in [7, 11) is 0. The lowest BCUT2D eigenvalue weighted by Crippen LogP contribution is -2.22. The molecule has 0 fully saturated rings. The minimum Gasteiger partial charge on any atom is -0.392 e. The Hall–Kier alpha value is -0.340. The maximum atomic E-state index is 8.67. The first kappa shape index (κ1) is 6.78. The van der Waals surface area contributed by atoms with Gasteiger partial charge in [0, 0.05) is 6.04 Å². The van der Waals surface area contributed by atoms with E-state index in [2.05, 4.69) is 0 Å². The van der Waals surface area contributed by atoms with E-state index in [1.54, 1.807) is 0 Å². The van der Waals surface area contributed by atoms with Crippen LogP contribution in [-0.2, 0) is 0 Å². The Kier molecular flexibility index (Phi) is 2.25. The highest BCUT2D eigenvalue weighted by Crippen LogP contribution is 2.15. The fourth-order valence-electron chi connectivity index (χ4n) is 1.05. The smallest absolute Gasteiger partial charge is 0.0641 e. The van der Waals surface area contributed by atoms with E-state index in [1.807, 2.05) is 6.08 Å². The molecular formula is C7H13NO. The Morgan fingerprint density at radius 3 is 3.00 bits per heavy atom. The molecule has 0 radical (unpaired) electrons. The number of aliphatic hydroxyl groups excluding tert-OH is 1. The summed E-state index contributed by atoms with van der Waals surface area (Å²) < 4.78 is 0. The second-order valence-corrected chi connectivity index (χ2v) is 2.55. The van der Waals surface area contributed by atoms with Crippen molar-refractivity contribution in [1.29, 1.82) is 0 Å². The lowest BCUT2D eigenvalue weighted by Gasteiger charge is -2.16. The minimum atomic E-state index is 0.215. The van der Waals surface area contributed by atoms with Crippen LogP contribution in [0.5, 0.6) is 0 Å². The first-order valence-corrected chi connectivity index (χ1v) is 3.37. The minimum absolute atomic E-state index is 0.215. The monoisotopic (exact) mass is 127 g/mol. The largest absolute Gasteiger partial charge is 0.392 e. The van der Waals surface area contributed by atoms with E-state index in [4.69, 9.17) is 10.8 Å². The molecule has 9 heavy (non-hydrogen) atoms. The number of rotatable bonds is 1. The van der Waals surface area contributed by atoms with Crippen LogP contribution in [0.1, 0.15) is 19.3 Å². The summed E-state index contributed by atoms with van der Waals surface area (Å²) in [6, 6.07) is 0.334. The number of hydrogen-bond donors (Lipinski definition) is 2. The van der Waals surface area contributed by atoms with Gasteiger partial charge in [-0.15, -0.1) is 0 Å². The van der Waals surface area contributed by atoms with Crippen molar-refractivity contribution < 1.29 is 5.11 Å². The Balaban J connectivity index is 2.40. The normalized spacial score (nSPS) is 27.8. The standard InChI is InChI=1S/C7H13NO/c8-7-3-1-6(5-9)2-4-7/h1,7,9H,2-5,8H2/t7-/m1/s1. The van der Waals surface area contributed by atoms with Crippen molar-refractivity contribution in [3.63, 3.8) is 0 Å². The summed E-state index contributed by atoms with van der Waals surface area (Å²) in [4.78, 5) is 0. The average Bonchev–Trinajstić information content (AvgIpc) is 1.90. The van der Waals surface area contributed by atoms with E-state index < -0.39 is 0 Å². The predicted octanol–water partition coefficient (Wildman–Crippen LogP) is 0.416. The molecule has 2 nitrogen and oxygen atoms in total. The fourth-order valence-corrected chi connectivity index (χ4v) is 1.05. The lowest BCUT2D eigenvalue weighted by atomic mass is 9.96. The Morgan fingerprint density at radius 2 is 2.56 bits per heavy atom. The maximum Gasteiger partial charge on any atom is 0.0641 e. The molecule has 0 unspecified atom stereocenters. The van der Waals surface area contributed by atoms with Crippen LogP contribution in [0.4, 0.5) is 0 Å². The van der Waals surface area contributed by atoms with E-state index in [-0.39, 0.29) is 6.61 Å². The van der Waals surface area contributed by atoms with E-state index in [9.17, 15) is 0 Å². The molecule has 0 aliphatic heterocycles. The highest BCUT2D eigenvalue weighted by atomic mass is 16.3. The van der Waals surface area contributed by atoms with Gasteiger partial charge in [0.1, 0.15) is 0 Å². The SMILES string of the molecule is N[C@@H]1CC=C(CO)CC1. The zero-order valence-electron chi connectivity index (χ0n) is 5.51. The molecule has 0 spiro atoms. The van der Waals surface area contributed by atoms with Crippen LogP contribution in [0.3, 0.4) is 0 Å². The van der Waals surface area contributed by atoms with Gasteiger partial charge in [-0.2, -0.15) is 0 Å². The van der Waals surface area contributed by atoms with Gasteiger partial charge in [-0.3, -0.25) is 0 Å². The Labute approximate surface area is 55.4 Å². The van der Waals surface area contributed by atoms with E-state index in [1.165, 1.54) is 0 Å². The zero-order chi connectivity index (χ0) is 6.69. The molecule has 0 amide bonds. The summed E-state index contributed by atoms with van der Waals surface area (Å²) in [5.41, 5.74) is 6.78. The van der Waals surface area contributed by atoms with Crippen molar-refractivity contribution in [3.05, 3.63) is 11.6 Å². The molecule has 0 aromatic rings. The van der Waals surface area contributed by atoms with Crippen molar-refractivity contribution in [2.45, 2.75) is 25.3 Å². The second kappa shape index (κ2) is 2.99. The summed E-state index contributed by atoms with van der Waals surface area (Å²) in [5, 5.41) is 8.67.